The normalized spacial score (nSPS) is 13.0. The molecule has 0 saturated carbocycles. The van der Waals surface area contributed by atoms with Gasteiger partial charge < -0.3 is 28.6 Å². The minimum atomic E-state index is -1.98. The number of aromatic amines is 1. The number of amides is 1. The van der Waals surface area contributed by atoms with Crippen molar-refractivity contribution in [2.75, 3.05) is 27.4 Å². The Hall–Kier alpha value is -6.21. The highest BCUT2D eigenvalue weighted by Crippen LogP contribution is 2.51. The molecule has 0 aliphatic carbocycles. The first-order valence-corrected chi connectivity index (χ1v) is 21.4. The zero-order chi connectivity index (χ0) is 45.7. The third-order valence-electron chi connectivity index (χ3n) is 10.2. The molecule has 0 aliphatic rings. The molecule has 2 N–H and O–H groups in total. The number of hydrogen-bond donors (Lipinski definition) is 2. The summed E-state index contributed by atoms with van der Waals surface area (Å²) in [5.74, 6) is 0.598. The summed E-state index contributed by atoms with van der Waals surface area (Å²) in [6.45, 7) is 8.75. The third kappa shape index (κ3) is 11.8. The molecule has 0 spiro atoms. The molecule has 0 fully saturated rings. The SMILES string of the molecule is COc1ccc(C(OC[C@@H](NC(=O)Cn2cc(C)c(=O)[nH]c2=O)[C@@H](OP(OCCC#N)N(C(C)C)C(C)C)c2ccc([N+](=O)[O-])cc2)(c2ccccc2)c2ccc(OC)cc2)cc1. The third-order valence-corrected chi connectivity index (χ3v) is 12.3. The van der Waals surface area contributed by atoms with Gasteiger partial charge in [0.1, 0.15) is 29.7 Å². The van der Waals surface area contributed by atoms with E-state index in [2.05, 4.69) is 16.4 Å². The second-order valence-corrected chi connectivity index (χ2v) is 16.5. The van der Waals surface area contributed by atoms with Crippen LogP contribution >= 0.6 is 8.53 Å². The fourth-order valence-electron chi connectivity index (χ4n) is 7.18. The van der Waals surface area contributed by atoms with Crippen molar-refractivity contribution in [1.29, 1.82) is 5.26 Å². The van der Waals surface area contributed by atoms with Gasteiger partial charge in [0, 0.05) is 36.0 Å². The van der Waals surface area contributed by atoms with Gasteiger partial charge in [-0.25, -0.2) is 9.46 Å². The number of nitro groups is 1. The highest BCUT2D eigenvalue weighted by atomic mass is 31.2. The van der Waals surface area contributed by atoms with Crippen molar-refractivity contribution in [2.24, 2.45) is 0 Å². The fourth-order valence-corrected chi connectivity index (χ4v) is 8.95. The summed E-state index contributed by atoms with van der Waals surface area (Å²) in [5, 5.41) is 24.4. The molecule has 332 valence electrons. The molecule has 1 heterocycles. The maximum atomic E-state index is 14.3. The van der Waals surface area contributed by atoms with Crippen molar-refractivity contribution in [2.45, 2.75) is 77.4 Å². The van der Waals surface area contributed by atoms with E-state index in [-0.39, 0.29) is 43.0 Å². The number of aromatic nitrogens is 2. The topological polar surface area (TPSA) is 200 Å². The average molecular weight is 881 g/mol. The van der Waals surface area contributed by atoms with Crippen LogP contribution in [0.1, 0.15) is 68.0 Å². The molecule has 5 aromatic rings. The molecule has 5 rings (SSSR count). The van der Waals surface area contributed by atoms with Crippen molar-refractivity contribution in [3.05, 3.63) is 168 Å². The number of aryl methyl sites for hydroxylation is 1. The number of nitro benzene ring substituents is 1. The Balaban J connectivity index is 1.74. The molecule has 16 nitrogen and oxygen atoms in total. The first kappa shape index (κ1) is 47.8. The maximum Gasteiger partial charge on any atom is 0.328 e. The van der Waals surface area contributed by atoms with Gasteiger partial charge in [-0.1, -0.05) is 54.6 Å². The Labute approximate surface area is 367 Å². The summed E-state index contributed by atoms with van der Waals surface area (Å²) in [7, 11) is 1.17. The van der Waals surface area contributed by atoms with Gasteiger partial charge in [-0.2, -0.15) is 5.26 Å². The number of benzene rings is 4. The zero-order valence-electron chi connectivity index (χ0n) is 36.3. The number of carbonyl (C=O) groups is 1. The van der Waals surface area contributed by atoms with Crippen molar-refractivity contribution < 1.29 is 33.0 Å². The number of carbonyl (C=O) groups excluding carboxylic acids is 1. The number of ether oxygens (including phenoxy) is 3. The molecular weight excluding hydrogens is 828 g/mol. The van der Waals surface area contributed by atoms with E-state index >= 15 is 0 Å². The van der Waals surface area contributed by atoms with Gasteiger partial charge in [0.15, 0.2) is 0 Å². The lowest BCUT2D eigenvalue weighted by Gasteiger charge is -2.41. The van der Waals surface area contributed by atoms with Crippen LogP contribution in [0.25, 0.3) is 0 Å². The first-order valence-electron chi connectivity index (χ1n) is 20.3. The number of nitriles is 1. The van der Waals surface area contributed by atoms with Crippen LogP contribution in [0.3, 0.4) is 0 Å². The molecule has 3 atom stereocenters. The number of H-pyrrole nitrogens is 1. The van der Waals surface area contributed by atoms with Crippen molar-refractivity contribution in [1.82, 2.24) is 19.5 Å². The molecular formula is C46H53N6O10P. The number of hydrogen-bond acceptors (Lipinski definition) is 12. The second kappa shape index (κ2) is 22.2. The summed E-state index contributed by atoms with van der Waals surface area (Å²) < 4.78 is 34.9. The highest BCUT2D eigenvalue weighted by Gasteiger charge is 2.41. The van der Waals surface area contributed by atoms with Crippen LogP contribution < -0.4 is 26.0 Å². The Morgan fingerprint density at radius 3 is 1.95 bits per heavy atom. The maximum absolute atomic E-state index is 14.3. The number of nitrogens with zero attached hydrogens (tertiary/aromatic N) is 4. The van der Waals surface area contributed by atoms with Crippen LogP contribution in [0.4, 0.5) is 5.69 Å². The van der Waals surface area contributed by atoms with E-state index in [1.165, 1.54) is 25.3 Å². The molecule has 1 unspecified atom stereocenters. The Kier molecular flexibility index (Phi) is 16.9. The van der Waals surface area contributed by atoms with Crippen LogP contribution in [0, 0.1) is 28.4 Å². The number of nitrogens with one attached hydrogen (secondary N) is 2. The Morgan fingerprint density at radius 2 is 1.44 bits per heavy atom. The molecule has 63 heavy (non-hydrogen) atoms. The average Bonchev–Trinajstić information content (AvgIpc) is 3.27. The number of methoxy groups -OCH3 is 2. The smallest absolute Gasteiger partial charge is 0.328 e. The molecule has 0 radical (unpaired) electrons. The van der Waals surface area contributed by atoms with E-state index in [0.717, 1.165) is 10.1 Å². The summed E-state index contributed by atoms with van der Waals surface area (Å²) in [6.07, 6.45) is 0.265. The van der Waals surface area contributed by atoms with E-state index in [1.807, 2.05) is 111 Å². The largest absolute Gasteiger partial charge is 0.497 e. The summed E-state index contributed by atoms with van der Waals surface area (Å²) in [5.41, 5.74) is -0.0545. The summed E-state index contributed by atoms with van der Waals surface area (Å²) in [4.78, 5) is 53.0. The standard InChI is InChI=1S/C46H53N6O10P/c1-31(2)51(32(3)4)63(61-27-11-26-47)62-43(34-14-20-38(21-15-34)52(56)57)41(48-42(53)29-50-28-33(5)44(54)49-45(50)55)30-60-46(35-12-9-8-10-13-35,36-16-22-39(58-6)23-17-36)37-18-24-40(59-7)25-19-37/h8-10,12-25,28,31-32,41,43H,11,27,29-30H2,1-7H3,(H,48,53)(H,49,54,55)/t41-,43+,63?/m1/s1. The summed E-state index contributed by atoms with van der Waals surface area (Å²) >= 11 is 0. The monoisotopic (exact) mass is 880 g/mol. The quantitative estimate of drug-likeness (QED) is 0.0232. The van der Waals surface area contributed by atoms with Gasteiger partial charge in [0.2, 0.25) is 5.91 Å². The summed E-state index contributed by atoms with van der Waals surface area (Å²) in [6, 6.07) is 31.0. The predicted molar refractivity (Wildman–Crippen MR) is 238 cm³/mol. The predicted octanol–water partition coefficient (Wildman–Crippen LogP) is 7.30. The van der Waals surface area contributed by atoms with Gasteiger partial charge in [0.25, 0.3) is 19.8 Å². The van der Waals surface area contributed by atoms with Crippen LogP contribution in [0.15, 0.2) is 119 Å². The van der Waals surface area contributed by atoms with E-state index in [4.69, 9.17) is 23.3 Å². The molecule has 0 bridgehead atoms. The van der Waals surface area contributed by atoms with Gasteiger partial charge in [-0.05, 0) is 93.3 Å². The van der Waals surface area contributed by atoms with Crippen molar-refractivity contribution in [3.63, 3.8) is 0 Å². The van der Waals surface area contributed by atoms with Gasteiger partial charge in [-0.15, -0.1) is 0 Å². The van der Waals surface area contributed by atoms with Crippen molar-refractivity contribution >= 4 is 20.1 Å². The minimum Gasteiger partial charge on any atom is -0.497 e. The lowest BCUT2D eigenvalue weighted by Crippen LogP contribution is -2.48. The lowest BCUT2D eigenvalue weighted by molar-refractivity contribution is -0.384. The zero-order valence-corrected chi connectivity index (χ0v) is 37.2. The number of non-ortho nitro benzene ring substituents is 1. The van der Waals surface area contributed by atoms with Crippen LogP contribution in [-0.4, -0.2) is 70.6 Å². The van der Waals surface area contributed by atoms with Crippen LogP contribution in [0.5, 0.6) is 11.5 Å². The molecule has 4 aromatic carbocycles. The molecule has 0 saturated heterocycles. The lowest BCUT2D eigenvalue weighted by atomic mass is 9.80. The van der Waals surface area contributed by atoms with Crippen LogP contribution in [0.2, 0.25) is 0 Å². The highest BCUT2D eigenvalue weighted by molar-refractivity contribution is 7.44. The second-order valence-electron chi connectivity index (χ2n) is 15.1. The molecule has 17 heteroatoms. The van der Waals surface area contributed by atoms with Gasteiger partial charge >= 0.3 is 5.69 Å². The molecule has 1 aromatic heterocycles. The number of rotatable bonds is 22. The fraction of sp³-hybridized carbons (Fsp3) is 0.348. The Bertz CT molecular complexity index is 2380. The first-order chi connectivity index (χ1) is 30.2. The van der Waals surface area contributed by atoms with E-state index in [9.17, 15) is 29.8 Å². The molecule has 1 amide bonds. The molecule has 0 aliphatic heterocycles. The minimum absolute atomic E-state index is 0.0409. The van der Waals surface area contributed by atoms with Gasteiger partial charge in [0.05, 0.1) is 50.9 Å². The van der Waals surface area contributed by atoms with E-state index in [1.54, 1.807) is 26.4 Å². The van der Waals surface area contributed by atoms with E-state index in [0.29, 0.717) is 28.2 Å². The van der Waals surface area contributed by atoms with Gasteiger partial charge in [-0.3, -0.25) is 29.3 Å². The van der Waals surface area contributed by atoms with Crippen molar-refractivity contribution in [3.8, 4) is 17.6 Å². The van der Waals surface area contributed by atoms with E-state index < -0.39 is 54.9 Å². The van der Waals surface area contributed by atoms with Crippen LogP contribution in [-0.2, 0) is 30.7 Å². The Morgan fingerprint density at radius 1 is 0.889 bits per heavy atom.